The highest BCUT2D eigenvalue weighted by Crippen LogP contribution is 2.09. The van der Waals surface area contributed by atoms with Gasteiger partial charge >= 0.3 is 0 Å². The molecule has 2 aromatic rings. The van der Waals surface area contributed by atoms with Gasteiger partial charge in [0.15, 0.2) is 11.8 Å². The van der Waals surface area contributed by atoms with Crippen molar-refractivity contribution in [1.29, 1.82) is 0 Å². The minimum Gasteiger partial charge on any atom is -0.349 e. The molecule has 1 N–H and O–H groups in total. The number of guanidine groups is 1. The van der Waals surface area contributed by atoms with Crippen LogP contribution >= 0.6 is 11.3 Å². The molecule has 0 atom stereocenters. The first-order valence-corrected chi connectivity index (χ1v) is 7.57. The highest BCUT2D eigenvalue weighted by molar-refractivity contribution is 7.09. The van der Waals surface area contributed by atoms with E-state index in [2.05, 4.69) is 30.9 Å². The zero-order chi connectivity index (χ0) is 15.4. The molecule has 0 bridgehead atoms. The maximum absolute atomic E-state index is 4.47. The number of aliphatic imine (C=N–C) groups is 1. The maximum atomic E-state index is 4.47. The summed E-state index contributed by atoms with van der Waals surface area (Å²) in [4.78, 5) is 10.8. The van der Waals surface area contributed by atoms with E-state index in [4.69, 9.17) is 0 Å². The Labute approximate surface area is 128 Å². The zero-order valence-corrected chi connectivity index (χ0v) is 13.9. The van der Waals surface area contributed by atoms with Crippen LogP contribution in [0.15, 0.2) is 10.4 Å². The molecular weight excluding hydrogens is 286 g/mol. The van der Waals surface area contributed by atoms with Crippen LogP contribution in [0.25, 0.3) is 0 Å². The van der Waals surface area contributed by atoms with Crippen LogP contribution in [0.5, 0.6) is 0 Å². The van der Waals surface area contributed by atoms with Crippen molar-refractivity contribution >= 4 is 17.3 Å². The molecule has 0 saturated heterocycles. The smallest absolute Gasteiger partial charge is 0.194 e. The van der Waals surface area contributed by atoms with Crippen molar-refractivity contribution in [3.8, 4) is 0 Å². The molecule has 114 valence electrons. The number of nitrogens with zero attached hydrogens (tertiary/aromatic N) is 6. The fourth-order valence-electron chi connectivity index (χ4n) is 1.95. The Morgan fingerprint density at radius 2 is 2.19 bits per heavy atom. The first-order chi connectivity index (χ1) is 10.0. The lowest BCUT2D eigenvalue weighted by Crippen LogP contribution is -2.38. The summed E-state index contributed by atoms with van der Waals surface area (Å²) in [6.07, 6.45) is 0. The summed E-state index contributed by atoms with van der Waals surface area (Å²) in [7, 11) is 5.72. The Morgan fingerprint density at radius 3 is 2.71 bits per heavy atom. The number of aromatic nitrogens is 4. The van der Waals surface area contributed by atoms with Gasteiger partial charge in [-0.25, -0.2) is 4.98 Å². The largest absolute Gasteiger partial charge is 0.349 e. The Bertz CT molecular complexity index is 628. The molecule has 0 aromatic carbocycles. The van der Waals surface area contributed by atoms with Crippen molar-refractivity contribution in [2.75, 3.05) is 14.1 Å². The van der Waals surface area contributed by atoms with Crippen LogP contribution in [0.1, 0.15) is 22.4 Å². The topological polar surface area (TPSA) is 71.2 Å². The fourth-order valence-corrected chi connectivity index (χ4v) is 2.55. The molecule has 0 unspecified atom stereocenters. The standard InChI is InChI=1S/C13H21N7S/c1-9-17-18-12(20(9)5)6-15-13(14-3)19(4)7-11-8-21-10(2)16-11/h8H,6-7H2,1-5H3,(H,14,15). The van der Waals surface area contributed by atoms with Gasteiger partial charge in [0.1, 0.15) is 5.82 Å². The van der Waals surface area contributed by atoms with Gasteiger partial charge < -0.3 is 14.8 Å². The Morgan fingerprint density at radius 1 is 1.43 bits per heavy atom. The summed E-state index contributed by atoms with van der Waals surface area (Å²) in [5.41, 5.74) is 1.05. The third-order valence-electron chi connectivity index (χ3n) is 3.23. The zero-order valence-electron chi connectivity index (χ0n) is 13.1. The Kier molecular flexibility index (Phi) is 4.89. The quantitative estimate of drug-likeness (QED) is 0.676. The van der Waals surface area contributed by atoms with E-state index in [1.807, 2.05) is 37.4 Å². The number of aryl methyl sites for hydroxylation is 2. The number of hydrogen-bond acceptors (Lipinski definition) is 5. The maximum Gasteiger partial charge on any atom is 0.194 e. The van der Waals surface area contributed by atoms with Gasteiger partial charge in [0.05, 0.1) is 23.8 Å². The number of thiazole rings is 1. The van der Waals surface area contributed by atoms with Gasteiger partial charge in [-0.1, -0.05) is 0 Å². The van der Waals surface area contributed by atoms with E-state index in [9.17, 15) is 0 Å². The van der Waals surface area contributed by atoms with Crippen molar-refractivity contribution < 1.29 is 0 Å². The summed E-state index contributed by atoms with van der Waals surface area (Å²) in [6.45, 7) is 5.26. The average molecular weight is 307 g/mol. The van der Waals surface area contributed by atoms with Gasteiger partial charge in [-0.2, -0.15) is 0 Å². The van der Waals surface area contributed by atoms with Crippen molar-refractivity contribution in [2.45, 2.75) is 26.9 Å². The van der Waals surface area contributed by atoms with Gasteiger partial charge in [-0.15, -0.1) is 21.5 Å². The summed E-state index contributed by atoms with van der Waals surface area (Å²) >= 11 is 1.66. The van der Waals surface area contributed by atoms with Gasteiger partial charge in [-0.05, 0) is 13.8 Å². The van der Waals surface area contributed by atoms with E-state index in [0.717, 1.165) is 34.9 Å². The first-order valence-electron chi connectivity index (χ1n) is 6.69. The minimum atomic E-state index is 0.588. The molecule has 0 aliphatic rings. The van der Waals surface area contributed by atoms with Gasteiger partial charge in [0, 0.05) is 26.5 Å². The third-order valence-corrected chi connectivity index (χ3v) is 4.05. The third kappa shape index (κ3) is 3.78. The first kappa shape index (κ1) is 15.4. The van der Waals surface area contributed by atoms with Gasteiger partial charge in [0.25, 0.3) is 0 Å². The number of hydrogen-bond donors (Lipinski definition) is 1. The minimum absolute atomic E-state index is 0.588. The van der Waals surface area contributed by atoms with E-state index in [1.165, 1.54) is 0 Å². The van der Waals surface area contributed by atoms with Gasteiger partial charge in [0.2, 0.25) is 0 Å². The van der Waals surface area contributed by atoms with Crippen LogP contribution in [0.2, 0.25) is 0 Å². The summed E-state index contributed by atoms with van der Waals surface area (Å²) in [5, 5.41) is 14.6. The van der Waals surface area contributed by atoms with Crippen molar-refractivity contribution in [1.82, 2.24) is 30.0 Å². The lowest BCUT2D eigenvalue weighted by Gasteiger charge is -2.21. The molecule has 7 nitrogen and oxygen atoms in total. The number of rotatable bonds is 4. The predicted octanol–water partition coefficient (Wildman–Crippen LogP) is 1.10. The van der Waals surface area contributed by atoms with E-state index in [0.29, 0.717) is 6.54 Å². The average Bonchev–Trinajstić information content (AvgIpc) is 2.99. The van der Waals surface area contributed by atoms with E-state index in [-0.39, 0.29) is 0 Å². The van der Waals surface area contributed by atoms with Crippen molar-refractivity contribution in [2.24, 2.45) is 12.0 Å². The molecule has 0 aliphatic heterocycles. The Balaban J connectivity index is 1.95. The van der Waals surface area contributed by atoms with Crippen LogP contribution in [0, 0.1) is 13.8 Å². The molecule has 8 heteroatoms. The number of nitrogens with one attached hydrogen (secondary N) is 1. The molecular formula is C13H21N7S. The molecule has 0 fully saturated rings. The molecule has 2 aromatic heterocycles. The highest BCUT2D eigenvalue weighted by atomic mass is 32.1. The monoisotopic (exact) mass is 307 g/mol. The molecule has 0 amide bonds. The molecule has 2 heterocycles. The molecule has 0 spiro atoms. The van der Waals surface area contributed by atoms with E-state index < -0.39 is 0 Å². The molecule has 0 radical (unpaired) electrons. The summed E-state index contributed by atoms with van der Waals surface area (Å²) in [6, 6.07) is 0. The Hall–Kier alpha value is -1.96. The molecule has 21 heavy (non-hydrogen) atoms. The molecule has 0 saturated carbocycles. The predicted molar refractivity (Wildman–Crippen MR) is 84.3 cm³/mol. The lowest BCUT2D eigenvalue weighted by molar-refractivity contribution is 0.468. The van der Waals surface area contributed by atoms with Crippen LogP contribution in [-0.4, -0.2) is 44.7 Å². The summed E-state index contributed by atoms with van der Waals surface area (Å²) < 4.78 is 1.96. The molecule has 2 rings (SSSR count). The SMILES string of the molecule is CN=C(NCc1nnc(C)n1C)N(C)Cc1csc(C)n1. The van der Waals surface area contributed by atoms with Crippen LogP contribution in [0.4, 0.5) is 0 Å². The second-order valence-corrected chi connectivity index (χ2v) is 5.90. The van der Waals surface area contributed by atoms with Gasteiger partial charge in [-0.3, -0.25) is 4.99 Å². The normalized spacial score (nSPS) is 11.8. The van der Waals surface area contributed by atoms with Crippen molar-refractivity contribution in [3.63, 3.8) is 0 Å². The van der Waals surface area contributed by atoms with Crippen LogP contribution in [0.3, 0.4) is 0 Å². The summed E-state index contributed by atoms with van der Waals surface area (Å²) in [5.74, 6) is 2.58. The molecule has 0 aliphatic carbocycles. The second kappa shape index (κ2) is 6.66. The highest BCUT2D eigenvalue weighted by Gasteiger charge is 2.10. The van der Waals surface area contributed by atoms with Crippen LogP contribution in [-0.2, 0) is 20.1 Å². The second-order valence-electron chi connectivity index (χ2n) is 4.84. The van der Waals surface area contributed by atoms with E-state index >= 15 is 0 Å². The van der Waals surface area contributed by atoms with E-state index in [1.54, 1.807) is 18.4 Å². The van der Waals surface area contributed by atoms with Crippen molar-refractivity contribution in [3.05, 3.63) is 27.7 Å². The van der Waals surface area contributed by atoms with Crippen LogP contribution < -0.4 is 5.32 Å². The lowest BCUT2D eigenvalue weighted by atomic mass is 10.4. The fraction of sp³-hybridized carbons (Fsp3) is 0.538.